The summed E-state index contributed by atoms with van der Waals surface area (Å²) >= 11 is 0. The van der Waals surface area contributed by atoms with Crippen LogP contribution in [0.15, 0.2) is 0 Å². The molecule has 0 aromatic rings. The second kappa shape index (κ2) is 4.97. The maximum Gasteiger partial charge on any atom is 0.220 e. The van der Waals surface area contributed by atoms with Gasteiger partial charge in [-0.3, -0.25) is 4.79 Å². The molecule has 0 spiro atoms. The van der Waals surface area contributed by atoms with Gasteiger partial charge in [0, 0.05) is 18.5 Å². The molecule has 0 aromatic carbocycles. The largest absolute Gasteiger partial charge is 0.352 e. The average molecular weight is 210 g/mol. The number of carbonyl (C=O) groups is 1. The van der Waals surface area contributed by atoms with Crippen LogP contribution in [0.3, 0.4) is 0 Å². The first-order valence-electron chi connectivity index (χ1n) is 6.30. The first kappa shape index (κ1) is 10.9. The number of amides is 1. The van der Waals surface area contributed by atoms with Crippen LogP contribution < -0.4 is 11.1 Å². The Bertz CT molecular complexity index is 226. The van der Waals surface area contributed by atoms with Crippen molar-refractivity contribution >= 4 is 5.91 Å². The fourth-order valence-corrected chi connectivity index (χ4v) is 2.56. The van der Waals surface area contributed by atoms with Crippen molar-refractivity contribution in [2.75, 3.05) is 0 Å². The third-order valence-electron chi connectivity index (χ3n) is 3.86. The Morgan fingerprint density at radius 1 is 1.13 bits per heavy atom. The van der Waals surface area contributed by atoms with Gasteiger partial charge in [0.05, 0.1) is 0 Å². The molecule has 15 heavy (non-hydrogen) atoms. The van der Waals surface area contributed by atoms with Crippen LogP contribution in [0.25, 0.3) is 0 Å². The lowest BCUT2D eigenvalue weighted by Gasteiger charge is -2.31. The molecule has 0 heterocycles. The highest BCUT2D eigenvalue weighted by Crippen LogP contribution is 2.29. The molecular formula is C12H22N2O. The van der Waals surface area contributed by atoms with Gasteiger partial charge in [-0.15, -0.1) is 0 Å². The van der Waals surface area contributed by atoms with Crippen LogP contribution in [-0.2, 0) is 4.79 Å². The molecular weight excluding hydrogens is 188 g/mol. The van der Waals surface area contributed by atoms with Crippen molar-refractivity contribution in [2.24, 2.45) is 11.7 Å². The number of carbonyl (C=O) groups excluding carboxylic acids is 1. The average Bonchev–Trinajstić information content (AvgIpc) is 2.16. The van der Waals surface area contributed by atoms with Crippen molar-refractivity contribution in [1.82, 2.24) is 5.32 Å². The van der Waals surface area contributed by atoms with Gasteiger partial charge in [-0.25, -0.2) is 0 Å². The van der Waals surface area contributed by atoms with E-state index in [-0.39, 0.29) is 18.0 Å². The molecule has 1 amide bonds. The lowest BCUT2D eigenvalue weighted by molar-refractivity contribution is -0.123. The maximum atomic E-state index is 11.7. The Balaban J connectivity index is 1.71. The molecule has 2 unspecified atom stereocenters. The van der Waals surface area contributed by atoms with E-state index in [0.717, 1.165) is 19.3 Å². The molecule has 2 fully saturated rings. The molecule has 0 bridgehead atoms. The van der Waals surface area contributed by atoms with E-state index in [2.05, 4.69) is 5.32 Å². The van der Waals surface area contributed by atoms with Crippen molar-refractivity contribution in [3.05, 3.63) is 0 Å². The van der Waals surface area contributed by atoms with Crippen molar-refractivity contribution in [3.8, 4) is 0 Å². The minimum atomic E-state index is 0.184. The first-order chi connectivity index (χ1) is 7.25. The second-order valence-corrected chi connectivity index (χ2v) is 5.12. The summed E-state index contributed by atoms with van der Waals surface area (Å²) in [6, 6.07) is 0.426. The van der Waals surface area contributed by atoms with Crippen LogP contribution in [-0.4, -0.2) is 18.0 Å². The fraction of sp³-hybridized carbons (Fsp3) is 0.917. The van der Waals surface area contributed by atoms with Crippen molar-refractivity contribution in [2.45, 2.75) is 63.5 Å². The SMILES string of the molecule is NC1CCCCC1NC(=O)CC1CCC1. The van der Waals surface area contributed by atoms with E-state index >= 15 is 0 Å². The lowest BCUT2D eigenvalue weighted by Crippen LogP contribution is -2.49. The highest BCUT2D eigenvalue weighted by Gasteiger charge is 2.25. The molecule has 2 rings (SSSR count). The standard InChI is InChI=1S/C12H22N2O/c13-10-6-1-2-7-11(10)14-12(15)8-9-4-3-5-9/h9-11H,1-8,13H2,(H,14,15). The van der Waals surface area contributed by atoms with Gasteiger partial charge in [0.2, 0.25) is 5.91 Å². The molecule has 3 N–H and O–H groups in total. The van der Waals surface area contributed by atoms with Gasteiger partial charge in [-0.2, -0.15) is 0 Å². The number of nitrogens with two attached hydrogens (primary N) is 1. The van der Waals surface area contributed by atoms with Crippen LogP contribution >= 0.6 is 0 Å². The minimum Gasteiger partial charge on any atom is -0.352 e. The van der Waals surface area contributed by atoms with E-state index in [1.54, 1.807) is 0 Å². The summed E-state index contributed by atoms with van der Waals surface area (Å²) < 4.78 is 0. The summed E-state index contributed by atoms with van der Waals surface area (Å²) in [5.41, 5.74) is 5.99. The van der Waals surface area contributed by atoms with Gasteiger partial charge in [0.1, 0.15) is 0 Å². The van der Waals surface area contributed by atoms with Crippen LogP contribution in [0, 0.1) is 5.92 Å². The van der Waals surface area contributed by atoms with Crippen LogP contribution in [0.4, 0.5) is 0 Å². The second-order valence-electron chi connectivity index (χ2n) is 5.12. The zero-order chi connectivity index (χ0) is 10.7. The zero-order valence-electron chi connectivity index (χ0n) is 9.37. The zero-order valence-corrected chi connectivity index (χ0v) is 9.37. The van der Waals surface area contributed by atoms with E-state index < -0.39 is 0 Å². The first-order valence-corrected chi connectivity index (χ1v) is 6.30. The summed E-state index contributed by atoms with van der Waals surface area (Å²) in [5.74, 6) is 0.881. The monoisotopic (exact) mass is 210 g/mol. The summed E-state index contributed by atoms with van der Waals surface area (Å²) in [6.07, 6.45) is 9.07. The Labute approximate surface area is 91.8 Å². The highest BCUT2D eigenvalue weighted by molar-refractivity contribution is 5.76. The molecule has 2 saturated carbocycles. The molecule has 0 aliphatic heterocycles. The molecule has 0 saturated heterocycles. The van der Waals surface area contributed by atoms with Crippen molar-refractivity contribution in [3.63, 3.8) is 0 Å². The fourth-order valence-electron chi connectivity index (χ4n) is 2.56. The van der Waals surface area contributed by atoms with Gasteiger partial charge in [0.15, 0.2) is 0 Å². The topological polar surface area (TPSA) is 55.1 Å². The summed E-state index contributed by atoms with van der Waals surface area (Å²) in [7, 11) is 0. The van der Waals surface area contributed by atoms with Gasteiger partial charge in [-0.1, -0.05) is 19.3 Å². The van der Waals surface area contributed by atoms with Crippen LogP contribution in [0.5, 0.6) is 0 Å². The molecule has 3 nitrogen and oxygen atoms in total. The Morgan fingerprint density at radius 2 is 1.87 bits per heavy atom. The van der Waals surface area contributed by atoms with Gasteiger partial charge < -0.3 is 11.1 Å². The third kappa shape index (κ3) is 2.94. The van der Waals surface area contributed by atoms with E-state index in [1.807, 2.05) is 0 Å². The molecule has 0 aromatic heterocycles. The molecule has 3 heteroatoms. The van der Waals surface area contributed by atoms with Crippen LogP contribution in [0.2, 0.25) is 0 Å². The Hall–Kier alpha value is -0.570. The number of hydrogen-bond donors (Lipinski definition) is 2. The predicted molar refractivity (Wildman–Crippen MR) is 60.3 cm³/mol. The summed E-state index contributed by atoms with van der Waals surface area (Å²) in [5, 5.41) is 3.10. The van der Waals surface area contributed by atoms with E-state index in [4.69, 9.17) is 5.73 Å². The lowest BCUT2D eigenvalue weighted by atomic mass is 9.82. The number of nitrogens with one attached hydrogen (secondary N) is 1. The maximum absolute atomic E-state index is 11.7. The quantitative estimate of drug-likeness (QED) is 0.742. The Kier molecular flexibility index (Phi) is 3.62. The van der Waals surface area contributed by atoms with E-state index in [0.29, 0.717) is 5.92 Å². The Morgan fingerprint density at radius 3 is 2.47 bits per heavy atom. The number of hydrogen-bond acceptors (Lipinski definition) is 2. The van der Waals surface area contributed by atoms with Gasteiger partial charge >= 0.3 is 0 Å². The molecule has 86 valence electrons. The van der Waals surface area contributed by atoms with Gasteiger partial charge in [0.25, 0.3) is 0 Å². The molecule has 2 aliphatic carbocycles. The highest BCUT2D eigenvalue weighted by atomic mass is 16.1. The normalized spacial score (nSPS) is 32.1. The van der Waals surface area contributed by atoms with E-state index in [9.17, 15) is 4.79 Å². The summed E-state index contributed by atoms with van der Waals surface area (Å²) in [4.78, 5) is 11.7. The van der Waals surface area contributed by atoms with Crippen molar-refractivity contribution in [1.29, 1.82) is 0 Å². The minimum absolute atomic E-state index is 0.184. The number of rotatable bonds is 3. The van der Waals surface area contributed by atoms with Gasteiger partial charge in [-0.05, 0) is 31.6 Å². The molecule has 2 atom stereocenters. The van der Waals surface area contributed by atoms with E-state index in [1.165, 1.54) is 32.1 Å². The van der Waals surface area contributed by atoms with Crippen LogP contribution in [0.1, 0.15) is 51.4 Å². The smallest absolute Gasteiger partial charge is 0.220 e. The predicted octanol–water partition coefficient (Wildman–Crippen LogP) is 1.56. The molecule has 2 aliphatic rings. The molecule has 0 radical (unpaired) electrons. The van der Waals surface area contributed by atoms with Crippen molar-refractivity contribution < 1.29 is 4.79 Å². The third-order valence-corrected chi connectivity index (χ3v) is 3.86. The summed E-state index contributed by atoms with van der Waals surface area (Å²) in [6.45, 7) is 0.